The third-order valence-electron chi connectivity index (χ3n) is 3.51. The SMILES string of the molecule is CNC(C[CH]C(C)(NC)C(C)NC)=C(C)C. The molecular weight excluding hydrogens is 198 g/mol. The maximum Gasteiger partial charge on any atom is 0.0336 e. The lowest BCUT2D eigenvalue weighted by Crippen LogP contribution is -2.54. The molecule has 0 aliphatic rings. The zero-order valence-corrected chi connectivity index (χ0v) is 11.9. The van der Waals surface area contributed by atoms with Crippen molar-refractivity contribution in [3.05, 3.63) is 17.7 Å². The highest BCUT2D eigenvalue weighted by Crippen LogP contribution is 2.19. The van der Waals surface area contributed by atoms with E-state index in [1.54, 1.807) is 0 Å². The maximum absolute atomic E-state index is 3.38. The van der Waals surface area contributed by atoms with Crippen LogP contribution in [0.3, 0.4) is 0 Å². The highest BCUT2D eigenvalue weighted by molar-refractivity contribution is 5.14. The first-order valence-corrected chi connectivity index (χ1v) is 5.96. The number of rotatable bonds is 7. The molecule has 0 heterocycles. The van der Waals surface area contributed by atoms with Crippen molar-refractivity contribution in [2.75, 3.05) is 21.1 Å². The zero-order chi connectivity index (χ0) is 12.8. The van der Waals surface area contributed by atoms with E-state index < -0.39 is 0 Å². The van der Waals surface area contributed by atoms with Crippen molar-refractivity contribution in [1.29, 1.82) is 0 Å². The van der Waals surface area contributed by atoms with Gasteiger partial charge in [-0.1, -0.05) is 5.57 Å². The topological polar surface area (TPSA) is 36.1 Å². The van der Waals surface area contributed by atoms with Crippen LogP contribution in [0.15, 0.2) is 11.3 Å². The molecule has 0 aromatic rings. The smallest absolute Gasteiger partial charge is 0.0336 e. The molecular formula is C13H28N3. The summed E-state index contributed by atoms with van der Waals surface area (Å²) in [6, 6.07) is 0.396. The molecule has 0 aromatic heterocycles. The third-order valence-corrected chi connectivity index (χ3v) is 3.51. The van der Waals surface area contributed by atoms with Crippen molar-refractivity contribution < 1.29 is 0 Å². The van der Waals surface area contributed by atoms with Gasteiger partial charge in [-0.15, -0.1) is 0 Å². The molecule has 0 bridgehead atoms. The molecule has 3 nitrogen and oxygen atoms in total. The molecule has 95 valence electrons. The van der Waals surface area contributed by atoms with Crippen LogP contribution in [0, 0.1) is 6.42 Å². The van der Waals surface area contributed by atoms with Crippen LogP contribution in [-0.4, -0.2) is 32.7 Å². The third kappa shape index (κ3) is 4.14. The monoisotopic (exact) mass is 226 g/mol. The average molecular weight is 226 g/mol. The fraction of sp³-hybridized carbons (Fsp3) is 0.769. The molecule has 0 saturated heterocycles. The minimum atomic E-state index is 0.00625. The minimum absolute atomic E-state index is 0.00625. The molecule has 0 saturated carbocycles. The Bertz CT molecular complexity index is 231. The van der Waals surface area contributed by atoms with Crippen molar-refractivity contribution in [3.63, 3.8) is 0 Å². The molecule has 0 rings (SSSR count). The second-order valence-corrected chi connectivity index (χ2v) is 4.68. The van der Waals surface area contributed by atoms with Crippen LogP contribution in [0.4, 0.5) is 0 Å². The fourth-order valence-corrected chi connectivity index (χ4v) is 1.67. The lowest BCUT2D eigenvalue weighted by Gasteiger charge is -2.35. The van der Waals surface area contributed by atoms with Gasteiger partial charge in [-0.25, -0.2) is 0 Å². The molecule has 0 aliphatic heterocycles. The van der Waals surface area contributed by atoms with Crippen molar-refractivity contribution >= 4 is 0 Å². The van der Waals surface area contributed by atoms with Crippen LogP contribution in [0.2, 0.25) is 0 Å². The van der Waals surface area contributed by atoms with Crippen LogP contribution in [-0.2, 0) is 0 Å². The summed E-state index contributed by atoms with van der Waals surface area (Å²) in [7, 11) is 5.98. The van der Waals surface area contributed by atoms with E-state index in [0.717, 1.165) is 6.42 Å². The quantitative estimate of drug-likeness (QED) is 0.618. The fourth-order valence-electron chi connectivity index (χ4n) is 1.67. The molecule has 0 aromatic carbocycles. The van der Waals surface area contributed by atoms with E-state index in [1.807, 2.05) is 21.1 Å². The zero-order valence-electron chi connectivity index (χ0n) is 11.9. The molecule has 0 aliphatic carbocycles. The van der Waals surface area contributed by atoms with Gasteiger partial charge in [0.25, 0.3) is 0 Å². The number of likely N-dealkylation sites (N-methyl/N-ethyl adjacent to an activating group) is 2. The molecule has 3 heteroatoms. The first-order chi connectivity index (χ1) is 7.41. The van der Waals surface area contributed by atoms with E-state index in [0.29, 0.717) is 6.04 Å². The van der Waals surface area contributed by atoms with Crippen molar-refractivity contribution in [2.24, 2.45) is 0 Å². The van der Waals surface area contributed by atoms with Gasteiger partial charge in [0.1, 0.15) is 0 Å². The van der Waals surface area contributed by atoms with Gasteiger partial charge in [0, 0.05) is 24.3 Å². The predicted octanol–water partition coefficient (Wildman–Crippen LogP) is 1.68. The molecule has 0 spiro atoms. The van der Waals surface area contributed by atoms with Gasteiger partial charge in [-0.05, 0) is 54.6 Å². The number of allylic oxidation sites excluding steroid dienone is 2. The first kappa shape index (κ1) is 15.5. The molecule has 2 unspecified atom stereocenters. The van der Waals surface area contributed by atoms with Crippen LogP contribution >= 0.6 is 0 Å². The summed E-state index contributed by atoms with van der Waals surface area (Å²) in [5, 5.41) is 9.93. The largest absolute Gasteiger partial charge is 0.391 e. The Balaban J connectivity index is 4.51. The highest BCUT2D eigenvalue weighted by Gasteiger charge is 2.28. The summed E-state index contributed by atoms with van der Waals surface area (Å²) in [5.41, 5.74) is 2.64. The van der Waals surface area contributed by atoms with E-state index in [2.05, 4.69) is 50.1 Å². The number of hydrogen-bond acceptors (Lipinski definition) is 3. The highest BCUT2D eigenvalue weighted by atomic mass is 15.0. The van der Waals surface area contributed by atoms with E-state index >= 15 is 0 Å². The second kappa shape index (κ2) is 6.92. The van der Waals surface area contributed by atoms with Gasteiger partial charge in [0.2, 0.25) is 0 Å². The van der Waals surface area contributed by atoms with Crippen LogP contribution in [0.5, 0.6) is 0 Å². The lowest BCUT2D eigenvalue weighted by atomic mass is 9.87. The Hall–Kier alpha value is -0.540. The van der Waals surface area contributed by atoms with Crippen molar-refractivity contribution in [3.8, 4) is 0 Å². The Kier molecular flexibility index (Phi) is 6.68. The van der Waals surface area contributed by atoms with E-state index in [-0.39, 0.29) is 5.54 Å². The standard InChI is InChI=1S/C13H28N3/c1-10(2)12(15-6)8-9-13(4,16-7)11(3)14-5/h9,11,14-16H,8H2,1-7H3. The summed E-state index contributed by atoms with van der Waals surface area (Å²) < 4.78 is 0. The second-order valence-electron chi connectivity index (χ2n) is 4.68. The molecule has 1 radical (unpaired) electrons. The molecule has 0 fully saturated rings. The van der Waals surface area contributed by atoms with Crippen LogP contribution in [0.25, 0.3) is 0 Å². The first-order valence-electron chi connectivity index (χ1n) is 5.96. The van der Waals surface area contributed by atoms with Gasteiger partial charge in [-0.3, -0.25) is 0 Å². The number of hydrogen-bond donors (Lipinski definition) is 3. The van der Waals surface area contributed by atoms with Crippen molar-refractivity contribution in [1.82, 2.24) is 16.0 Å². The Morgan fingerprint density at radius 3 is 2.12 bits per heavy atom. The van der Waals surface area contributed by atoms with E-state index in [1.165, 1.54) is 11.3 Å². The van der Waals surface area contributed by atoms with E-state index in [4.69, 9.17) is 0 Å². The van der Waals surface area contributed by atoms with Gasteiger partial charge in [0.15, 0.2) is 0 Å². The van der Waals surface area contributed by atoms with Gasteiger partial charge < -0.3 is 16.0 Å². The lowest BCUT2D eigenvalue weighted by molar-refractivity contribution is 0.334. The summed E-state index contributed by atoms with van der Waals surface area (Å²) in [5.74, 6) is 0. The summed E-state index contributed by atoms with van der Waals surface area (Å²) in [6.45, 7) is 8.68. The van der Waals surface area contributed by atoms with Crippen molar-refractivity contribution in [2.45, 2.75) is 45.7 Å². The Morgan fingerprint density at radius 1 is 1.25 bits per heavy atom. The average Bonchev–Trinajstić information content (AvgIpc) is 2.27. The Labute approximate surface area is 101 Å². The Morgan fingerprint density at radius 2 is 1.81 bits per heavy atom. The van der Waals surface area contributed by atoms with Crippen LogP contribution < -0.4 is 16.0 Å². The normalized spacial score (nSPS) is 16.4. The summed E-state index contributed by atoms with van der Waals surface area (Å²) in [4.78, 5) is 0. The van der Waals surface area contributed by atoms with E-state index in [9.17, 15) is 0 Å². The molecule has 0 amide bonds. The summed E-state index contributed by atoms with van der Waals surface area (Å²) >= 11 is 0. The van der Waals surface area contributed by atoms with Gasteiger partial charge in [-0.2, -0.15) is 0 Å². The maximum atomic E-state index is 3.38. The molecule has 3 N–H and O–H groups in total. The minimum Gasteiger partial charge on any atom is -0.391 e. The predicted molar refractivity (Wildman–Crippen MR) is 72.3 cm³/mol. The molecule has 2 atom stereocenters. The molecule has 16 heavy (non-hydrogen) atoms. The number of nitrogens with one attached hydrogen (secondary N) is 3. The van der Waals surface area contributed by atoms with Gasteiger partial charge in [0.05, 0.1) is 0 Å². The summed E-state index contributed by atoms with van der Waals surface area (Å²) in [6.07, 6.45) is 3.29. The van der Waals surface area contributed by atoms with Gasteiger partial charge >= 0.3 is 0 Å². The van der Waals surface area contributed by atoms with Crippen LogP contribution in [0.1, 0.15) is 34.1 Å².